The third-order valence-electron chi connectivity index (χ3n) is 4.28. The highest BCUT2D eigenvalue weighted by Gasteiger charge is 2.17. The number of aromatic nitrogens is 2. The Morgan fingerprint density at radius 2 is 1.96 bits per heavy atom. The first-order valence-electron chi connectivity index (χ1n) is 9.65. The average Bonchev–Trinajstić information content (AvgIpc) is 3.03. The molecule has 0 atom stereocenters. The van der Waals surface area contributed by atoms with Crippen LogP contribution in [0.3, 0.4) is 0 Å². The van der Waals surface area contributed by atoms with Gasteiger partial charge in [0.25, 0.3) is 0 Å². The van der Waals surface area contributed by atoms with Crippen molar-refractivity contribution >= 4 is 5.96 Å². The summed E-state index contributed by atoms with van der Waals surface area (Å²) in [5, 5.41) is 10.8. The molecule has 1 rings (SSSR count). The van der Waals surface area contributed by atoms with Gasteiger partial charge in [-0.25, -0.2) is 0 Å². The third-order valence-corrected chi connectivity index (χ3v) is 4.28. The fraction of sp³-hybridized carbons (Fsp3) is 0.842. The summed E-state index contributed by atoms with van der Waals surface area (Å²) in [4.78, 5) is 8.70. The van der Waals surface area contributed by atoms with E-state index in [1.807, 2.05) is 7.05 Å². The molecule has 6 heteroatoms. The van der Waals surface area contributed by atoms with E-state index >= 15 is 0 Å². The molecule has 1 aromatic heterocycles. The molecular formula is C19H37N5O. The van der Waals surface area contributed by atoms with Crippen LogP contribution in [0.15, 0.2) is 9.52 Å². The van der Waals surface area contributed by atoms with Gasteiger partial charge in [0.15, 0.2) is 11.8 Å². The number of guanidine groups is 1. The quantitative estimate of drug-likeness (QED) is 0.359. The molecule has 6 nitrogen and oxygen atoms in total. The van der Waals surface area contributed by atoms with Crippen LogP contribution in [0.5, 0.6) is 0 Å². The van der Waals surface area contributed by atoms with Crippen molar-refractivity contribution in [2.45, 2.75) is 79.1 Å². The fourth-order valence-electron chi connectivity index (χ4n) is 2.54. The topological polar surface area (TPSA) is 75.3 Å². The van der Waals surface area contributed by atoms with Crippen LogP contribution < -0.4 is 10.6 Å². The van der Waals surface area contributed by atoms with E-state index in [0.717, 1.165) is 37.7 Å². The summed E-state index contributed by atoms with van der Waals surface area (Å²) in [5.74, 6) is 2.66. The lowest BCUT2D eigenvalue weighted by molar-refractivity contribution is 0.318. The van der Waals surface area contributed by atoms with E-state index in [0.29, 0.717) is 11.8 Å². The van der Waals surface area contributed by atoms with Crippen molar-refractivity contribution < 1.29 is 4.52 Å². The lowest BCUT2D eigenvalue weighted by atomic mass is 9.87. The van der Waals surface area contributed by atoms with Gasteiger partial charge in [0.05, 0.1) is 0 Å². The number of nitrogens with one attached hydrogen (secondary N) is 2. The molecule has 0 fully saturated rings. The maximum absolute atomic E-state index is 5.26. The molecule has 0 radical (unpaired) electrons. The molecule has 25 heavy (non-hydrogen) atoms. The minimum atomic E-state index is 0.282. The predicted octanol–water partition coefficient (Wildman–Crippen LogP) is 3.90. The largest absolute Gasteiger partial charge is 0.356 e. The minimum Gasteiger partial charge on any atom is -0.356 e. The van der Waals surface area contributed by atoms with Gasteiger partial charge in [-0.2, -0.15) is 4.98 Å². The van der Waals surface area contributed by atoms with E-state index < -0.39 is 0 Å². The Kier molecular flexibility index (Phi) is 9.53. The van der Waals surface area contributed by atoms with Gasteiger partial charge >= 0.3 is 0 Å². The standard InChI is InChI=1S/C19H37N5O/c1-7-8-9-12-19(4,5)14-22-18(20-6)21-13-10-11-16-23-17(15(2)3)24-25-16/h15H,7-14H2,1-6H3,(H2,20,21,22). The molecular weight excluding hydrogens is 314 g/mol. The zero-order valence-corrected chi connectivity index (χ0v) is 17.0. The molecule has 0 aliphatic carbocycles. The van der Waals surface area contributed by atoms with E-state index in [-0.39, 0.29) is 5.41 Å². The average molecular weight is 352 g/mol. The number of unbranched alkanes of at least 4 members (excludes halogenated alkanes) is 2. The van der Waals surface area contributed by atoms with E-state index in [4.69, 9.17) is 4.52 Å². The van der Waals surface area contributed by atoms with Crippen LogP contribution in [0.4, 0.5) is 0 Å². The second kappa shape index (κ2) is 11.1. The van der Waals surface area contributed by atoms with Gasteiger partial charge in [0.2, 0.25) is 5.89 Å². The van der Waals surface area contributed by atoms with E-state index in [2.05, 4.69) is 60.4 Å². The zero-order valence-electron chi connectivity index (χ0n) is 17.0. The molecule has 0 aliphatic rings. The summed E-state index contributed by atoms with van der Waals surface area (Å²) in [7, 11) is 1.81. The molecule has 1 aromatic rings. The van der Waals surface area contributed by atoms with Crippen LogP contribution in [0.2, 0.25) is 0 Å². The van der Waals surface area contributed by atoms with Gasteiger partial charge in [-0.15, -0.1) is 0 Å². The molecule has 0 saturated carbocycles. The van der Waals surface area contributed by atoms with Crippen LogP contribution in [0.25, 0.3) is 0 Å². The predicted molar refractivity (Wildman–Crippen MR) is 104 cm³/mol. The Balaban J connectivity index is 2.25. The summed E-state index contributed by atoms with van der Waals surface area (Å²) in [5.41, 5.74) is 0.282. The number of nitrogens with zero attached hydrogens (tertiary/aromatic N) is 3. The van der Waals surface area contributed by atoms with Crippen molar-refractivity contribution in [3.05, 3.63) is 11.7 Å². The Hall–Kier alpha value is -1.59. The van der Waals surface area contributed by atoms with Gasteiger partial charge in [-0.05, 0) is 18.3 Å². The molecule has 0 unspecified atom stereocenters. The molecule has 144 valence electrons. The van der Waals surface area contributed by atoms with Crippen molar-refractivity contribution in [2.75, 3.05) is 20.1 Å². The summed E-state index contributed by atoms with van der Waals surface area (Å²) >= 11 is 0. The highest BCUT2D eigenvalue weighted by Crippen LogP contribution is 2.22. The summed E-state index contributed by atoms with van der Waals surface area (Å²) in [6.07, 6.45) is 6.82. The summed E-state index contributed by atoms with van der Waals surface area (Å²) in [6.45, 7) is 12.8. The first-order chi connectivity index (χ1) is 11.9. The SMILES string of the molecule is CCCCCC(C)(C)CNC(=NC)NCCCc1nc(C(C)C)no1. The number of rotatable bonds is 11. The van der Waals surface area contributed by atoms with Gasteiger partial charge in [-0.1, -0.05) is 59.0 Å². The number of aliphatic imine (C=N–C) groups is 1. The molecule has 0 spiro atoms. The number of aryl methyl sites for hydroxylation is 1. The summed E-state index contributed by atoms with van der Waals surface area (Å²) in [6, 6.07) is 0. The van der Waals surface area contributed by atoms with Gasteiger partial charge in [-0.3, -0.25) is 4.99 Å². The Labute approximate surface area is 153 Å². The highest BCUT2D eigenvalue weighted by atomic mass is 16.5. The fourth-order valence-corrected chi connectivity index (χ4v) is 2.54. The first kappa shape index (κ1) is 21.5. The van der Waals surface area contributed by atoms with Crippen LogP contribution >= 0.6 is 0 Å². The van der Waals surface area contributed by atoms with Crippen molar-refractivity contribution in [3.63, 3.8) is 0 Å². The number of hydrogen-bond acceptors (Lipinski definition) is 4. The molecule has 0 aliphatic heterocycles. The van der Waals surface area contributed by atoms with E-state index in [1.165, 1.54) is 25.7 Å². The van der Waals surface area contributed by atoms with Crippen LogP contribution in [0, 0.1) is 5.41 Å². The highest BCUT2D eigenvalue weighted by molar-refractivity contribution is 5.79. The number of hydrogen-bond donors (Lipinski definition) is 2. The smallest absolute Gasteiger partial charge is 0.226 e. The maximum atomic E-state index is 5.26. The van der Waals surface area contributed by atoms with Gasteiger partial charge in [0, 0.05) is 32.5 Å². The van der Waals surface area contributed by atoms with E-state index in [1.54, 1.807) is 0 Å². The van der Waals surface area contributed by atoms with Crippen molar-refractivity contribution in [2.24, 2.45) is 10.4 Å². The van der Waals surface area contributed by atoms with Crippen molar-refractivity contribution in [3.8, 4) is 0 Å². The summed E-state index contributed by atoms with van der Waals surface area (Å²) < 4.78 is 5.26. The Morgan fingerprint density at radius 1 is 1.20 bits per heavy atom. The van der Waals surface area contributed by atoms with Crippen molar-refractivity contribution in [1.29, 1.82) is 0 Å². The Bertz CT molecular complexity index is 508. The van der Waals surface area contributed by atoms with Crippen LogP contribution in [-0.4, -0.2) is 36.2 Å². The lowest BCUT2D eigenvalue weighted by Crippen LogP contribution is -2.42. The van der Waals surface area contributed by atoms with Crippen LogP contribution in [0.1, 0.15) is 84.4 Å². The minimum absolute atomic E-state index is 0.282. The molecule has 0 bridgehead atoms. The molecule has 1 heterocycles. The van der Waals surface area contributed by atoms with Gasteiger partial charge < -0.3 is 15.2 Å². The van der Waals surface area contributed by atoms with Crippen molar-refractivity contribution in [1.82, 2.24) is 20.8 Å². The van der Waals surface area contributed by atoms with E-state index in [9.17, 15) is 0 Å². The molecule has 0 amide bonds. The monoisotopic (exact) mass is 351 g/mol. The second-order valence-electron chi connectivity index (χ2n) is 7.78. The molecule has 0 aromatic carbocycles. The lowest BCUT2D eigenvalue weighted by Gasteiger charge is -2.26. The van der Waals surface area contributed by atoms with Gasteiger partial charge in [0.1, 0.15) is 0 Å². The maximum Gasteiger partial charge on any atom is 0.226 e. The van der Waals surface area contributed by atoms with Crippen LogP contribution in [-0.2, 0) is 6.42 Å². The first-order valence-corrected chi connectivity index (χ1v) is 9.65. The second-order valence-corrected chi connectivity index (χ2v) is 7.78. The molecule has 0 saturated heterocycles. The normalized spacial score (nSPS) is 12.7. The zero-order chi connectivity index (χ0) is 18.7. The Morgan fingerprint density at radius 3 is 2.56 bits per heavy atom. The third kappa shape index (κ3) is 8.89. The molecule has 2 N–H and O–H groups in total.